The maximum atomic E-state index is 13.0. The minimum Gasteiger partial charge on any atom is -0.344 e. The molecule has 1 aromatic rings. The Morgan fingerprint density at radius 3 is 2.34 bits per heavy atom. The van der Waals surface area contributed by atoms with Crippen molar-refractivity contribution < 1.29 is 22.8 Å². The zero-order chi connectivity index (χ0) is 23.3. The van der Waals surface area contributed by atoms with Gasteiger partial charge in [0.2, 0.25) is 11.8 Å². The summed E-state index contributed by atoms with van der Waals surface area (Å²) in [5, 5.41) is 3.38. The highest BCUT2D eigenvalue weighted by molar-refractivity contribution is 5.86. The van der Waals surface area contributed by atoms with Gasteiger partial charge in [-0.2, -0.15) is 13.2 Å². The summed E-state index contributed by atoms with van der Waals surface area (Å²) in [6.45, 7) is 4.04. The largest absolute Gasteiger partial charge is 0.416 e. The molecule has 178 valence electrons. The SMILES string of the molecule is CN1CCN(C(=O)[C@@H]2CCC[C@@H](NCc3ccc(C(F)(F)F)cc3)CN(C)C(=O)C2)CC1. The number of halogens is 3. The van der Waals surface area contributed by atoms with E-state index in [0.717, 1.165) is 43.6 Å². The summed E-state index contributed by atoms with van der Waals surface area (Å²) in [4.78, 5) is 31.5. The van der Waals surface area contributed by atoms with Gasteiger partial charge in [0.05, 0.1) is 5.56 Å². The lowest BCUT2D eigenvalue weighted by molar-refractivity contribution is -0.142. The molecule has 2 saturated heterocycles. The van der Waals surface area contributed by atoms with Crippen LogP contribution in [0.1, 0.15) is 36.8 Å². The van der Waals surface area contributed by atoms with Crippen molar-refractivity contribution in [3.05, 3.63) is 35.4 Å². The minimum absolute atomic E-state index is 0.0173. The number of alkyl halides is 3. The van der Waals surface area contributed by atoms with Gasteiger partial charge in [0, 0.05) is 64.7 Å². The second-order valence-electron chi connectivity index (χ2n) is 9.01. The molecule has 2 fully saturated rings. The van der Waals surface area contributed by atoms with Crippen molar-refractivity contribution >= 4 is 11.8 Å². The van der Waals surface area contributed by atoms with Crippen LogP contribution in [0.25, 0.3) is 0 Å². The third-order valence-corrected chi connectivity index (χ3v) is 6.49. The van der Waals surface area contributed by atoms with E-state index in [-0.39, 0.29) is 30.2 Å². The highest BCUT2D eigenvalue weighted by Crippen LogP contribution is 2.29. The molecule has 0 saturated carbocycles. The van der Waals surface area contributed by atoms with Crippen LogP contribution >= 0.6 is 0 Å². The van der Waals surface area contributed by atoms with Gasteiger partial charge in [-0.1, -0.05) is 18.6 Å². The molecule has 0 radical (unpaired) electrons. The van der Waals surface area contributed by atoms with Crippen molar-refractivity contribution in [3.63, 3.8) is 0 Å². The molecule has 1 N–H and O–H groups in total. The number of carbonyl (C=O) groups is 2. The van der Waals surface area contributed by atoms with E-state index >= 15 is 0 Å². The molecule has 0 aromatic heterocycles. The monoisotopic (exact) mass is 454 g/mol. The molecule has 6 nitrogen and oxygen atoms in total. The van der Waals surface area contributed by atoms with E-state index < -0.39 is 11.7 Å². The van der Waals surface area contributed by atoms with E-state index in [1.807, 2.05) is 11.9 Å². The second-order valence-corrected chi connectivity index (χ2v) is 9.01. The quantitative estimate of drug-likeness (QED) is 0.760. The van der Waals surface area contributed by atoms with Crippen LogP contribution < -0.4 is 5.32 Å². The molecule has 0 aliphatic carbocycles. The van der Waals surface area contributed by atoms with Gasteiger partial charge in [-0.05, 0) is 37.6 Å². The molecular formula is C23H33F3N4O2. The van der Waals surface area contributed by atoms with Gasteiger partial charge in [-0.25, -0.2) is 0 Å². The third kappa shape index (κ3) is 6.68. The second kappa shape index (κ2) is 10.7. The van der Waals surface area contributed by atoms with Crippen molar-refractivity contribution in [2.45, 2.75) is 44.4 Å². The zero-order valence-electron chi connectivity index (χ0n) is 18.8. The molecule has 2 amide bonds. The number of carbonyl (C=O) groups excluding carboxylic acids is 2. The first-order valence-corrected chi connectivity index (χ1v) is 11.2. The van der Waals surface area contributed by atoms with Crippen molar-refractivity contribution in [3.8, 4) is 0 Å². The van der Waals surface area contributed by atoms with Gasteiger partial charge < -0.3 is 20.0 Å². The summed E-state index contributed by atoms with van der Waals surface area (Å²) in [6.07, 6.45) is -1.83. The van der Waals surface area contributed by atoms with Gasteiger partial charge in [-0.15, -0.1) is 0 Å². The molecule has 0 bridgehead atoms. The van der Waals surface area contributed by atoms with Crippen LogP contribution in [0.15, 0.2) is 24.3 Å². The lowest BCUT2D eigenvalue weighted by Crippen LogP contribution is -2.49. The molecule has 32 heavy (non-hydrogen) atoms. The number of rotatable bonds is 4. The normalized spacial score (nSPS) is 24.1. The van der Waals surface area contributed by atoms with Crippen LogP contribution in [-0.4, -0.2) is 79.4 Å². The Morgan fingerprint density at radius 1 is 1.06 bits per heavy atom. The van der Waals surface area contributed by atoms with Gasteiger partial charge in [0.25, 0.3) is 0 Å². The lowest BCUT2D eigenvalue weighted by Gasteiger charge is -2.34. The maximum absolute atomic E-state index is 13.0. The number of hydrogen-bond acceptors (Lipinski definition) is 4. The van der Waals surface area contributed by atoms with Crippen LogP contribution in [0.3, 0.4) is 0 Å². The van der Waals surface area contributed by atoms with E-state index in [1.165, 1.54) is 12.1 Å². The average molecular weight is 455 g/mol. The molecule has 1 aromatic carbocycles. The summed E-state index contributed by atoms with van der Waals surface area (Å²) < 4.78 is 38.2. The minimum atomic E-state index is -4.34. The Kier molecular flexibility index (Phi) is 8.16. The van der Waals surface area contributed by atoms with Crippen molar-refractivity contribution in [1.29, 1.82) is 0 Å². The summed E-state index contributed by atoms with van der Waals surface area (Å²) in [5.74, 6) is -0.251. The van der Waals surface area contributed by atoms with Crippen molar-refractivity contribution in [2.24, 2.45) is 5.92 Å². The van der Waals surface area contributed by atoms with Crippen LogP contribution in [0.2, 0.25) is 0 Å². The van der Waals surface area contributed by atoms with E-state index in [0.29, 0.717) is 32.6 Å². The Hall–Kier alpha value is -2.13. The Balaban J connectivity index is 1.56. The lowest BCUT2D eigenvalue weighted by atomic mass is 9.95. The van der Waals surface area contributed by atoms with Crippen molar-refractivity contribution in [2.75, 3.05) is 46.8 Å². The number of nitrogens with one attached hydrogen (secondary N) is 1. The molecule has 0 spiro atoms. The Bertz CT molecular complexity index is 776. The van der Waals surface area contributed by atoms with Crippen molar-refractivity contribution in [1.82, 2.24) is 20.0 Å². The standard InChI is InChI=1S/C23H33F3N4O2/c1-28-10-12-30(13-11-28)22(32)18-4-3-5-20(16-29(2)21(31)14-18)27-15-17-6-8-19(9-7-17)23(24,25)26/h6-9,18,20,27H,3-5,10-16H2,1-2H3/t18-,20-/m1/s1. The number of likely N-dealkylation sites (N-methyl/N-ethyl adjacent to an activating group) is 2. The molecule has 2 aliphatic rings. The first kappa shape index (κ1) is 24.5. The smallest absolute Gasteiger partial charge is 0.344 e. The Labute approximate surface area is 187 Å². The van der Waals surface area contributed by atoms with Gasteiger partial charge >= 0.3 is 6.18 Å². The zero-order valence-corrected chi connectivity index (χ0v) is 18.8. The molecule has 2 aliphatic heterocycles. The number of hydrogen-bond donors (Lipinski definition) is 1. The summed E-state index contributed by atoms with van der Waals surface area (Å²) in [6, 6.07) is 5.15. The average Bonchev–Trinajstić information content (AvgIpc) is 2.82. The van der Waals surface area contributed by atoms with Crippen LogP contribution in [0.4, 0.5) is 13.2 Å². The van der Waals surface area contributed by atoms with E-state index in [2.05, 4.69) is 10.2 Å². The fourth-order valence-electron chi connectivity index (χ4n) is 4.34. The number of piperazine rings is 1. The molecule has 2 heterocycles. The van der Waals surface area contributed by atoms with Crippen LogP contribution in [0, 0.1) is 5.92 Å². The molecular weight excluding hydrogens is 421 g/mol. The van der Waals surface area contributed by atoms with Gasteiger partial charge in [0.1, 0.15) is 0 Å². The fourth-order valence-corrected chi connectivity index (χ4v) is 4.34. The first-order chi connectivity index (χ1) is 15.1. The van der Waals surface area contributed by atoms with Gasteiger partial charge in [0.15, 0.2) is 0 Å². The van der Waals surface area contributed by atoms with Crippen LogP contribution in [0.5, 0.6) is 0 Å². The first-order valence-electron chi connectivity index (χ1n) is 11.2. The van der Waals surface area contributed by atoms with E-state index in [9.17, 15) is 22.8 Å². The molecule has 2 atom stereocenters. The van der Waals surface area contributed by atoms with E-state index in [4.69, 9.17) is 0 Å². The Morgan fingerprint density at radius 2 is 1.72 bits per heavy atom. The highest BCUT2D eigenvalue weighted by atomic mass is 19.4. The molecule has 9 heteroatoms. The molecule has 0 unspecified atom stereocenters. The van der Waals surface area contributed by atoms with Crippen LogP contribution in [-0.2, 0) is 22.3 Å². The van der Waals surface area contributed by atoms with E-state index in [1.54, 1.807) is 11.9 Å². The number of benzene rings is 1. The topological polar surface area (TPSA) is 55.9 Å². The van der Waals surface area contributed by atoms with Gasteiger partial charge in [-0.3, -0.25) is 9.59 Å². The summed E-state index contributed by atoms with van der Waals surface area (Å²) >= 11 is 0. The predicted octanol–water partition coefficient (Wildman–Crippen LogP) is 2.59. The summed E-state index contributed by atoms with van der Waals surface area (Å²) in [7, 11) is 3.79. The maximum Gasteiger partial charge on any atom is 0.416 e. The third-order valence-electron chi connectivity index (χ3n) is 6.49. The number of amides is 2. The summed E-state index contributed by atoms with van der Waals surface area (Å²) in [5.41, 5.74) is 0.0973. The number of nitrogens with zero attached hydrogens (tertiary/aromatic N) is 3. The molecule has 3 rings (SSSR count). The highest BCUT2D eigenvalue weighted by Gasteiger charge is 2.31. The predicted molar refractivity (Wildman–Crippen MR) is 116 cm³/mol. The fraction of sp³-hybridized carbons (Fsp3) is 0.652.